The molecule has 0 spiro atoms. The normalized spacial score (nSPS) is 11.5. The van der Waals surface area contributed by atoms with Crippen molar-refractivity contribution in [1.29, 1.82) is 0 Å². The highest BCUT2D eigenvalue weighted by molar-refractivity contribution is 7.89. The summed E-state index contributed by atoms with van der Waals surface area (Å²) in [5, 5.41) is 2.94. The van der Waals surface area contributed by atoms with E-state index in [0.29, 0.717) is 6.54 Å². The number of carbonyl (C=O) groups is 1. The topological polar surface area (TPSA) is 80.2 Å². The van der Waals surface area contributed by atoms with E-state index in [9.17, 15) is 13.2 Å². The number of rotatable bonds is 7. The van der Waals surface area contributed by atoms with Crippen molar-refractivity contribution in [3.63, 3.8) is 0 Å². The molecule has 3 rings (SSSR count). The number of hydrogen-bond donors (Lipinski definition) is 2. The molecule has 2 N–H and O–H groups in total. The summed E-state index contributed by atoms with van der Waals surface area (Å²) in [5.41, 5.74) is 2.48. The molecule has 0 saturated heterocycles. The van der Waals surface area contributed by atoms with Gasteiger partial charge in [-0.15, -0.1) is 0 Å². The summed E-state index contributed by atoms with van der Waals surface area (Å²) in [5.74, 6) is -0.330. The Morgan fingerprint density at radius 3 is 2.04 bits per heavy atom. The van der Waals surface area contributed by atoms with Crippen molar-refractivity contribution in [3.8, 4) is 0 Å². The highest BCUT2D eigenvalue weighted by atomic mass is 32.2. The molecule has 0 unspecified atom stereocenters. The number of benzene rings is 2. The molecule has 146 valence electrons. The lowest BCUT2D eigenvalue weighted by molar-refractivity contribution is 0.0944. The molecule has 0 radical (unpaired) electrons. The van der Waals surface area contributed by atoms with Crippen LogP contribution in [-0.4, -0.2) is 32.5 Å². The third-order valence-corrected chi connectivity index (χ3v) is 6.04. The van der Waals surface area contributed by atoms with E-state index in [2.05, 4.69) is 10.0 Å². The van der Waals surface area contributed by atoms with Crippen LogP contribution in [0.2, 0.25) is 0 Å². The molecule has 1 amide bonds. The SMILES string of the molecule is CNS(=O)(=O)c1cc(C(=O)NCC(c2ccccc2)c2ccccc2)n(C)c1. The van der Waals surface area contributed by atoms with E-state index in [-0.39, 0.29) is 22.4 Å². The molecule has 2 aromatic carbocycles. The van der Waals surface area contributed by atoms with Gasteiger partial charge in [-0.3, -0.25) is 4.79 Å². The fourth-order valence-corrected chi connectivity index (χ4v) is 3.91. The van der Waals surface area contributed by atoms with Crippen LogP contribution < -0.4 is 10.0 Å². The largest absolute Gasteiger partial charge is 0.350 e. The number of amides is 1. The predicted molar refractivity (Wildman–Crippen MR) is 109 cm³/mol. The van der Waals surface area contributed by atoms with E-state index in [4.69, 9.17) is 0 Å². The van der Waals surface area contributed by atoms with Crippen LogP contribution >= 0.6 is 0 Å². The fourth-order valence-electron chi connectivity index (χ4n) is 3.11. The van der Waals surface area contributed by atoms with E-state index in [1.54, 1.807) is 7.05 Å². The Morgan fingerprint density at radius 1 is 1.00 bits per heavy atom. The lowest BCUT2D eigenvalue weighted by atomic mass is 9.91. The second kappa shape index (κ2) is 8.41. The Balaban J connectivity index is 1.82. The Bertz CT molecular complexity index is 1010. The molecule has 0 aliphatic carbocycles. The summed E-state index contributed by atoms with van der Waals surface area (Å²) >= 11 is 0. The third kappa shape index (κ3) is 4.32. The molecule has 0 bridgehead atoms. The Kier molecular flexibility index (Phi) is 5.96. The smallest absolute Gasteiger partial charge is 0.267 e. The molecular formula is C21H23N3O3S. The number of aryl methyl sites for hydroxylation is 1. The standard InChI is InChI=1S/C21H23N3O3S/c1-22-28(26,27)18-13-20(24(2)15-18)21(25)23-14-19(16-9-5-3-6-10-16)17-11-7-4-8-12-17/h3-13,15,19,22H,14H2,1-2H3,(H,23,25). The van der Waals surface area contributed by atoms with Gasteiger partial charge in [-0.25, -0.2) is 13.1 Å². The van der Waals surface area contributed by atoms with Crippen LogP contribution in [0.4, 0.5) is 0 Å². The molecule has 28 heavy (non-hydrogen) atoms. The zero-order chi connectivity index (χ0) is 20.1. The molecule has 0 aliphatic rings. The molecule has 0 atom stereocenters. The number of aromatic nitrogens is 1. The zero-order valence-corrected chi connectivity index (χ0v) is 16.6. The number of hydrogen-bond acceptors (Lipinski definition) is 3. The second-order valence-corrected chi connectivity index (χ2v) is 8.35. The molecule has 1 aromatic heterocycles. The second-order valence-electron chi connectivity index (χ2n) is 6.46. The maximum absolute atomic E-state index is 12.7. The minimum absolute atomic E-state index is 0.00729. The van der Waals surface area contributed by atoms with Crippen molar-refractivity contribution >= 4 is 15.9 Å². The van der Waals surface area contributed by atoms with Crippen molar-refractivity contribution < 1.29 is 13.2 Å². The third-order valence-electron chi connectivity index (χ3n) is 4.66. The number of nitrogens with zero attached hydrogens (tertiary/aromatic N) is 1. The van der Waals surface area contributed by atoms with E-state index in [1.165, 1.54) is 23.9 Å². The van der Waals surface area contributed by atoms with Gasteiger partial charge in [-0.2, -0.15) is 0 Å². The summed E-state index contributed by atoms with van der Waals surface area (Å²) < 4.78 is 27.7. The van der Waals surface area contributed by atoms with Crippen LogP contribution in [-0.2, 0) is 17.1 Å². The first kappa shape index (κ1) is 19.9. The molecule has 0 aliphatic heterocycles. The van der Waals surface area contributed by atoms with E-state index in [0.717, 1.165) is 11.1 Å². The molecule has 7 heteroatoms. The number of carbonyl (C=O) groups excluding carboxylic acids is 1. The van der Waals surface area contributed by atoms with Gasteiger partial charge in [-0.05, 0) is 24.2 Å². The Hall–Kier alpha value is -2.90. The maximum atomic E-state index is 12.7. The van der Waals surface area contributed by atoms with Gasteiger partial charge in [0.2, 0.25) is 10.0 Å². The first-order valence-corrected chi connectivity index (χ1v) is 10.4. The molecule has 3 aromatic rings. The average molecular weight is 398 g/mol. The molecular weight excluding hydrogens is 374 g/mol. The van der Waals surface area contributed by atoms with Crippen molar-refractivity contribution in [2.24, 2.45) is 7.05 Å². The summed E-state index contributed by atoms with van der Waals surface area (Å²) in [6, 6.07) is 21.3. The maximum Gasteiger partial charge on any atom is 0.267 e. The van der Waals surface area contributed by atoms with E-state index < -0.39 is 10.0 Å². The first-order chi connectivity index (χ1) is 13.4. The number of nitrogens with one attached hydrogen (secondary N) is 2. The molecule has 0 saturated carbocycles. The lowest BCUT2D eigenvalue weighted by Gasteiger charge is -2.19. The highest BCUT2D eigenvalue weighted by Gasteiger charge is 2.21. The van der Waals surface area contributed by atoms with Crippen LogP contribution in [0.25, 0.3) is 0 Å². The highest BCUT2D eigenvalue weighted by Crippen LogP contribution is 2.24. The first-order valence-electron chi connectivity index (χ1n) is 8.90. The summed E-state index contributed by atoms with van der Waals surface area (Å²) in [6.07, 6.45) is 1.42. The summed E-state index contributed by atoms with van der Waals surface area (Å²) in [4.78, 5) is 12.8. The van der Waals surface area contributed by atoms with Crippen molar-refractivity contribution in [2.45, 2.75) is 10.8 Å². The Morgan fingerprint density at radius 2 is 1.54 bits per heavy atom. The van der Waals surface area contributed by atoms with Crippen LogP contribution in [0.5, 0.6) is 0 Å². The van der Waals surface area contributed by atoms with Crippen molar-refractivity contribution in [1.82, 2.24) is 14.6 Å². The summed E-state index contributed by atoms with van der Waals surface area (Å²) in [6.45, 7) is 0.395. The van der Waals surface area contributed by atoms with Crippen molar-refractivity contribution in [3.05, 3.63) is 89.7 Å². The molecule has 1 heterocycles. The van der Waals surface area contributed by atoms with E-state index >= 15 is 0 Å². The van der Waals surface area contributed by atoms with Gasteiger partial charge in [-0.1, -0.05) is 60.7 Å². The van der Waals surface area contributed by atoms with Gasteiger partial charge in [0.25, 0.3) is 5.91 Å². The fraction of sp³-hybridized carbons (Fsp3) is 0.190. The minimum Gasteiger partial charge on any atom is -0.350 e. The van der Waals surface area contributed by atoms with Gasteiger partial charge in [0.05, 0.1) is 0 Å². The van der Waals surface area contributed by atoms with Crippen LogP contribution in [0.3, 0.4) is 0 Å². The van der Waals surface area contributed by atoms with Gasteiger partial charge >= 0.3 is 0 Å². The quantitative estimate of drug-likeness (QED) is 0.643. The lowest BCUT2D eigenvalue weighted by Crippen LogP contribution is -2.30. The number of sulfonamides is 1. The monoisotopic (exact) mass is 397 g/mol. The van der Waals surface area contributed by atoms with Gasteiger partial charge in [0.1, 0.15) is 10.6 Å². The average Bonchev–Trinajstić information content (AvgIpc) is 3.12. The predicted octanol–water partition coefficient (Wildman–Crippen LogP) is 2.50. The van der Waals surface area contributed by atoms with Crippen LogP contribution in [0.15, 0.2) is 77.8 Å². The van der Waals surface area contributed by atoms with E-state index in [1.807, 2.05) is 60.7 Å². The van der Waals surface area contributed by atoms with Gasteiger partial charge in [0.15, 0.2) is 0 Å². The molecule has 6 nitrogen and oxygen atoms in total. The molecule has 0 fully saturated rings. The van der Waals surface area contributed by atoms with Crippen LogP contribution in [0, 0.1) is 0 Å². The van der Waals surface area contributed by atoms with Gasteiger partial charge in [0, 0.05) is 25.7 Å². The minimum atomic E-state index is -3.60. The van der Waals surface area contributed by atoms with Crippen LogP contribution in [0.1, 0.15) is 27.5 Å². The van der Waals surface area contributed by atoms with Gasteiger partial charge < -0.3 is 9.88 Å². The zero-order valence-electron chi connectivity index (χ0n) is 15.8. The Labute approximate surface area is 165 Å². The van der Waals surface area contributed by atoms with Crippen molar-refractivity contribution in [2.75, 3.05) is 13.6 Å². The summed E-state index contributed by atoms with van der Waals surface area (Å²) in [7, 11) is -0.613.